The van der Waals surface area contributed by atoms with Gasteiger partial charge < -0.3 is 4.48 Å². The number of hydrogen-bond acceptors (Lipinski definition) is 0. The van der Waals surface area contributed by atoms with Crippen LogP contribution in [-0.2, 0) is 0 Å². The summed E-state index contributed by atoms with van der Waals surface area (Å²) >= 11 is 3.51. The van der Waals surface area contributed by atoms with E-state index in [1.54, 1.807) is 0 Å². The molecule has 0 amide bonds. The van der Waals surface area contributed by atoms with Crippen molar-refractivity contribution in [2.24, 2.45) is 0 Å². The summed E-state index contributed by atoms with van der Waals surface area (Å²) in [5, 5.41) is 1.16. The van der Waals surface area contributed by atoms with Crippen molar-refractivity contribution in [2.75, 3.05) is 32.5 Å². The molecule has 116 valence electrons. The molecule has 1 nitrogen and oxygen atoms in total. The molecule has 0 heterocycles. The molecule has 0 N–H and O–H groups in total. The van der Waals surface area contributed by atoms with Crippen LogP contribution in [0, 0.1) is 0 Å². The van der Waals surface area contributed by atoms with Gasteiger partial charge in [0.1, 0.15) is 0 Å². The molecule has 0 saturated carbocycles. The first kappa shape index (κ1) is 19.4. The van der Waals surface area contributed by atoms with Crippen LogP contribution in [0.3, 0.4) is 0 Å². The highest BCUT2D eigenvalue weighted by Gasteiger charge is 2.13. The summed E-state index contributed by atoms with van der Waals surface area (Å²) < 4.78 is 1.21. The van der Waals surface area contributed by atoms with Gasteiger partial charge in [0.25, 0.3) is 0 Å². The summed E-state index contributed by atoms with van der Waals surface area (Å²) in [4.78, 5) is 0. The maximum absolute atomic E-state index is 3.51. The molecule has 0 atom stereocenters. The lowest BCUT2D eigenvalue weighted by Gasteiger charge is -2.29. The van der Waals surface area contributed by atoms with Crippen LogP contribution in [0.4, 0.5) is 0 Å². The molecular formula is C17H37BrN+. The summed E-state index contributed by atoms with van der Waals surface area (Å²) in [5.74, 6) is 0. The van der Waals surface area contributed by atoms with Crippen molar-refractivity contribution in [1.29, 1.82) is 0 Å². The Morgan fingerprint density at radius 2 is 1.05 bits per heavy atom. The van der Waals surface area contributed by atoms with Crippen LogP contribution >= 0.6 is 15.9 Å². The standard InChI is InChI=1S/C17H37BrN/c1-4-5-6-7-8-9-10-11-13-16-19(2,3)17-14-12-15-18/h4-17H2,1-3H3/q+1. The van der Waals surface area contributed by atoms with Crippen LogP contribution in [-0.4, -0.2) is 37.0 Å². The molecule has 0 aliphatic heterocycles. The summed E-state index contributed by atoms with van der Waals surface area (Å²) in [5.41, 5.74) is 0. The first-order valence-corrected chi connectivity index (χ1v) is 9.62. The first-order chi connectivity index (χ1) is 9.12. The monoisotopic (exact) mass is 334 g/mol. The quantitative estimate of drug-likeness (QED) is 0.215. The molecule has 0 aromatic carbocycles. The lowest BCUT2D eigenvalue weighted by atomic mass is 10.1. The van der Waals surface area contributed by atoms with Crippen LogP contribution in [0.2, 0.25) is 0 Å². The topological polar surface area (TPSA) is 0 Å². The average Bonchev–Trinajstić information content (AvgIpc) is 2.37. The minimum absolute atomic E-state index is 1.16. The first-order valence-electron chi connectivity index (χ1n) is 8.50. The molecule has 0 aliphatic carbocycles. The van der Waals surface area contributed by atoms with Crippen molar-refractivity contribution >= 4 is 15.9 Å². The Labute approximate surface area is 130 Å². The molecule has 0 bridgehead atoms. The second-order valence-electron chi connectivity index (χ2n) is 6.61. The molecule has 0 saturated heterocycles. The number of hydrogen-bond donors (Lipinski definition) is 0. The van der Waals surface area contributed by atoms with Gasteiger partial charge in [-0.2, -0.15) is 0 Å². The summed E-state index contributed by atoms with van der Waals surface area (Å²) in [6.07, 6.45) is 15.6. The Hall–Kier alpha value is 0.440. The number of nitrogens with zero attached hydrogens (tertiary/aromatic N) is 1. The summed E-state index contributed by atoms with van der Waals surface area (Å²) in [7, 11) is 4.78. The second-order valence-corrected chi connectivity index (χ2v) is 7.40. The number of rotatable bonds is 14. The summed E-state index contributed by atoms with van der Waals surface area (Å²) in [6.45, 7) is 4.98. The van der Waals surface area contributed by atoms with Gasteiger partial charge in [-0.15, -0.1) is 0 Å². The van der Waals surface area contributed by atoms with Gasteiger partial charge >= 0.3 is 0 Å². The fraction of sp³-hybridized carbons (Fsp3) is 1.00. The van der Waals surface area contributed by atoms with E-state index in [9.17, 15) is 0 Å². The third kappa shape index (κ3) is 14.7. The Balaban J connectivity index is 3.27. The van der Waals surface area contributed by atoms with Crippen molar-refractivity contribution in [3.8, 4) is 0 Å². The van der Waals surface area contributed by atoms with Crippen LogP contribution in [0.15, 0.2) is 0 Å². The number of alkyl halides is 1. The molecule has 0 rings (SSSR count). The molecular weight excluding hydrogens is 298 g/mol. The minimum Gasteiger partial charge on any atom is -0.328 e. The largest absolute Gasteiger partial charge is 0.328 e. The van der Waals surface area contributed by atoms with Crippen molar-refractivity contribution in [1.82, 2.24) is 0 Å². The van der Waals surface area contributed by atoms with Gasteiger partial charge in [0.15, 0.2) is 0 Å². The molecule has 2 heteroatoms. The molecule has 0 fully saturated rings. The normalized spacial score (nSPS) is 12.0. The van der Waals surface area contributed by atoms with E-state index < -0.39 is 0 Å². The number of unbranched alkanes of at least 4 members (excludes halogenated alkanes) is 9. The Kier molecular flexibility index (Phi) is 13.7. The lowest BCUT2D eigenvalue weighted by Crippen LogP contribution is -2.41. The Bertz CT molecular complexity index is 180. The Morgan fingerprint density at radius 3 is 1.53 bits per heavy atom. The van der Waals surface area contributed by atoms with Crippen molar-refractivity contribution in [2.45, 2.75) is 77.6 Å². The zero-order valence-electron chi connectivity index (χ0n) is 13.7. The predicted molar refractivity (Wildman–Crippen MR) is 92.1 cm³/mol. The van der Waals surface area contributed by atoms with Crippen LogP contribution in [0.1, 0.15) is 77.6 Å². The molecule has 0 aromatic heterocycles. The van der Waals surface area contributed by atoms with Gasteiger partial charge in [-0.25, -0.2) is 0 Å². The van der Waals surface area contributed by atoms with Gasteiger partial charge in [-0.05, 0) is 25.7 Å². The van der Waals surface area contributed by atoms with Gasteiger partial charge in [0.05, 0.1) is 27.2 Å². The van der Waals surface area contributed by atoms with Gasteiger partial charge in [-0.1, -0.05) is 67.8 Å². The van der Waals surface area contributed by atoms with Crippen LogP contribution in [0.5, 0.6) is 0 Å². The summed E-state index contributed by atoms with van der Waals surface area (Å²) in [6, 6.07) is 0. The van der Waals surface area contributed by atoms with E-state index in [4.69, 9.17) is 0 Å². The van der Waals surface area contributed by atoms with E-state index in [-0.39, 0.29) is 0 Å². The SMILES string of the molecule is CCCCCCCCCCC[N+](C)(C)CCCCBr. The minimum atomic E-state index is 1.16. The number of quaternary nitrogens is 1. The lowest BCUT2D eigenvalue weighted by molar-refractivity contribution is -0.890. The van der Waals surface area contributed by atoms with E-state index in [0.717, 1.165) is 5.33 Å². The van der Waals surface area contributed by atoms with Gasteiger partial charge in [-0.3, -0.25) is 0 Å². The van der Waals surface area contributed by atoms with Crippen LogP contribution in [0.25, 0.3) is 0 Å². The van der Waals surface area contributed by atoms with Crippen molar-refractivity contribution < 1.29 is 4.48 Å². The highest BCUT2D eigenvalue weighted by molar-refractivity contribution is 9.09. The molecule has 0 aliphatic rings. The molecule has 0 radical (unpaired) electrons. The van der Waals surface area contributed by atoms with E-state index >= 15 is 0 Å². The third-order valence-corrected chi connectivity index (χ3v) is 4.57. The Morgan fingerprint density at radius 1 is 0.632 bits per heavy atom. The predicted octanol–water partition coefficient (Wildman–Crippen LogP) is 5.77. The number of halogens is 1. The van der Waals surface area contributed by atoms with E-state index in [2.05, 4.69) is 36.9 Å². The molecule has 0 spiro atoms. The maximum Gasteiger partial charge on any atom is 0.0782 e. The highest BCUT2D eigenvalue weighted by Crippen LogP contribution is 2.11. The van der Waals surface area contributed by atoms with Crippen molar-refractivity contribution in [3.05, 3.63) is 0 Å². The molecule has 19 heavy (non-hydrogen) atoms. The maximum atomic E-state index is 3.51. The fourth-order valence-corrected chi connectivity index (χ4v) is 2.99. The highest BCUT2D eigenvalue weighted by atomic mass is 79.9. The zero-order valence-corrected chi connectivity index (χ0v) is 15.3. The molecule has 0 unspecified atom stereocenters. The zero-order chi connectivity index (χ0) is 14.4. The third-order valence-electron chi connectivity index (χ3n) is 4.01. The van der Waals surface area contributed by atoms with Gasteiger partial charge in [0, 0.05) is 5.33 Å². The molecule has 0 aromatic rings. The average molecular weight is 335 g/mol. The van der Waals surface area contributed by atoms with Gasteiger partial charge in [0.2, 0.25) is 0 Å². The van der Waals surface area contributed by atoms with E-state index in [1.807, 2.05) is 0 Å². The smallest absolute Gasteiger partial charge is 0.0782 e. The van der Waals surface area contributed by atoms with Crippen LogP contribution < -0.4 is 0 Å². The van der Waals surface area contributed by atoms with E-state index in [0.29, 0.717) is 0 Å². The van der Waals surface area contributed by atoms with E-state index in [1.165, 1.54) is 88.2 Å². The van der Waals surface area contributed by atoms with Crippen molar-refractivity contribution in [3.63, 3.8) is 0 Å². The fourth-order valence-electron chi connectivity index (χ4n) is 2.60. The second kappa shape index (κ2) is 13.4.